The van der Waals surface area contributed by atoms with Crippen LogP contribution < -0.4 is 0 Å². The third-order valence-electron chi connectivity index (χ3n) is 10.7. The Morgan fingerprint density at radius 3 is 1.95 bits per heavy atom. The summed E-state index contributed by atoms with van der Waals surface area (Å²) in [6, 6.07) is 53.5. The van der Waals surface area contributed by atoms with E-state index in [1.807, 2.05) is 6.21 Å². The highest BCUT2D eigenvalue weighted by Crippen LogP contribution is 2.38. The fourth-order valence-corrected chi connectivity index (χ4v) is 7.59. The summed E-state index contributed by atoms with van der Waals surface area (Å²) < 4.78 is 0. The molecule has 0 saturated heterocycles. The van der Waals surface area contributed by atoms with E-state index in [1.54, 1.807) is 0 Å². The molecule has 1 aliphatic carbocycles. The van der Waals surface area contributed by atoms with E-state index in [1.165, 1.54) is 78.4 Å². The van der Waals surface area contributed by atoms with Gasteiger partial charge in [0.1, 0.15) is 0 Å². The van der Waals surface area contributed by atoms with Crippen molar-refractivity contribution in [1.82, 2.24) is 0 Å². The minimum Gasteiger partial charge on any atom is -0.257 e. The molecule has 1 atom stereocenters. The van der Waals surface area contributed by atoms with E-state index in [4.69, 9.17) is 4.99 Å². The molecule has 1 aliphatic rings. The highest BCUT2D eigenvalue weighted by molar-refractivity contribution is 5.85. The number of aryl methyl sites for hydroxylation is 1. The van der Waals surface area contributed by atoms with Gasteiger partial charge in [0.05, 0.1) is 5.69 Å². The van der Waals surface area contributed by atoms with Gasteiger partial charge in [-0.05, 0) is 142 Å². The number of hydrogen-bond acceptors (Lipinski definition) is 1. The first-order valence-corrected chi connectivity index (χ1v) is 20.8. The SMILES string of the molecule is C/C=C\C(=C/C=Nc1ccc(-c2ccc(C)c(C3=C(CCC)C=CCC3C)c2)cc1)C/C=C(\C=C(/C)c1ccccc1)c1ccccc1.c1ccc2ccccc2c1. The Labute approximate surface area is 347 Å². The van der Waals surface area contributed by atoms with Crippen molar-refractivity contribution in [3.8, 4) is 11.1 Å². The first kappa shape index (κ1) is 41.3. The summed E-state index contributed by atoms with van der Waals surface area (Å²) in [5.74, 6) is 0.540. The first-order chi connectivity index (χ1) is 28.4. The molecule has 1 unspecified atom stereocenters. The molecule has 0 radical (unpaired) electrons. The molecule has 0 aromatic heterocycles. The number of fused-ring (bicyclic) bond motifs is 1. The van der Waals surface area contributed by atoms with Crippen LogP contribution in [0.5, 0.6) is 0 Å². The van der Waals surface area contributed by atoms with Gasteiger partial charge in [-0.1, -0.05) is 190 Å². The molecule has 1 nitrogen and oxygen atoms in total. The van der Waals surface area contributed by atoms with Crippen LogP contribution in [0.3, 0.4) is 0 Å². The van der Waals surface area contributed by atoms with Gasteiger partial charge in [-0.25, -0.2) is 0 Å². The Balaban J connectivity index is 0.000000489. The molecule has 0 fully saturated rings. The summed E-state index contributed by atoms with van der Waals surface area (Å²) in [5.41, 5.74) is 15.3. The van der Waals surface area contributed by atoms with E-state index >= 15 is 0 Å². The number of nitrogens with zero attached hydrogens (tertiary/aromatic N) is 1. The van der Waals surface area contributed by atoms with Crippen molar-refractivity contribution in [2.24, 2.45) is 10.9 Å². The van der Waals surface area contributed by atoms with Gasteiger partial charge in [0.15, 0.2) is 0 Å². The van der Waals surface area contributed by atoms with Crippen molar-refractivity contribution in [2.45, 2.75) is 60.3 Å². The van der Waals surface area contributed by atoms with Crippen LogP contribution >= 0.6 is 0 Å². The minimum absolute atomic E-state index is 0.540. The highest BCUT2D eigenvalue weighted by atomic mass is 14.7. The summed E-state index contributed by atoms with van der Waals surface area (Å²) >= 11 is 0. The normalized spacial score (nSPS) is 15.0. The van der Waals surface area contributed by atoms with Gasteiger partial charge in [0, 0.05) is 6.21 Å². The van der Waals surface area contributed by atoms with Crippen molar-refractivity contribution in [1.29, 1.82) is 0 Å². The summed E-state index contributed by atoms with van der Waals surface area (Å²) in [4.78, 5) is 4.80. The summed E-state index contributed by atoms with van der Waals surface area (Å²) in [7, 11) is 0. The predicted octanol–water partition coefficient (Wildman–Crippen LogP) is 16.4. The maximum absolute atomic E-state index is 4.80. The lowest BCUT2D eigenvalue weighted by atomic mass is 9.80. The fourth-order valence-electron chi connectivity index (χ4n) is 7.59. The smallest absolute Gasteiger partial charge is 0.0630 e. The number of aliphatic imine (C=N–C) groups is 1. The molecule has 0 bridgehead atoms. The van der Waals surface area contributed by atoms with Gasteiger partial charge in [-0.2, -0.15) is 0 Å². The van der Waals surface area contributed by atoms with Crippen molar-refractivity contribution in [3.05, 3.63) is 228 Å². The lowest BCUT2D eigenvalue weighted by molar-refractivity contribution is 0.740. The van der Waals surface area contributed by atoms with Gasteiger partial charge in [0.2, 0.25) is 0 Å². The van der Waals surface area contributed by atoms with E-state index < -0.39 is 0 Å². The Morgan fingerprint density at radius 1 is 0.724 bits per heavy atom. The Hall–Kier alpha value is -6.31. The van der Waals surface area contributed by atoms with E-state index in [9.17, 15) is 0 Å². The van der Waals surface area contributed by atoms with Crippen LogP contribution in [0.25, 0.3) is 38.6 Å². The van der Waals surface area contributed by atoms with Crippen LogP contribution in [-0.2, 0) is 0 Å². The van der Waals surface area contributed by atoms with Crippen LogP contribution in [0, 0.1) is 12.8 Å². The van der Waals surface area contributed by atoms with Gasteiger partial charge in [-0.3, -0.25) is 4.99 Å². The molecule has 1 heteroatoms. The Kier molecular flexibility index (Phi) is 15.2. The summed E-state index contributed by atoms with van der Waals surface area (Å²) in [6.45, 7) is 11.1. The van der Waals surface area contributed by atoms with Crippen molar-refractivity contribution >= 4 is 39.4 Å². The van der Waals surface area contributed by atoms with Crippen molar-refractivity contribution in [3.63, 3.8) is 0 Å². The van der Waals surface area contributed by atoms with Gasteiger partial charge < -0.3 is 0 Å². The fraction of sp³-hybridized carbons (Fsp3) is 0.175. The second-order valence-electron chi connectivity index (χ2n) is 15.1. The lowest BCUT2D eigenvalue weighted by Crippen LogP contribution is -2.07. The van der Waals surface area contributed by atoms with Crippen LogP contribution in [0.2, 0.25) is 0 Å². The molecule has 290 valence electrons. The number of allylic oxidation sites excluding steroid dienone is 12. The largest absolute Gasteiger partial charge is 0.257 e. The Morgan fingerprint density at radius 2 is 1.33 bits per heavy atom. The molecule has 0 spiro atoms. The van der Waals surface area contributed by atoms with E-state index in [-0.39, 0.29) is 0 Å². The molecule has 0 amide bonds. The van der Waals surface area contributed by atoms with Gasteiger partial charge in [-0.15, -0.1) is 0 Å². The van der Waals surface area contributed by atoms with Crippen LogP contribution in [-0.4, -0.2) is 6.21 Å². The first-order valence-electron chi connectivity index (χ1n) is 20.8. The zero-order chi connectivity index (χ0) is 40.5. The van der Waals surface area contributed by atoms with Gasteiger partial charge >= 0.3 is 0 Å². The number of hydrogen-bond donors (Lipinski definition) is 0. The molecule has 0 N–H and O–H groups in total. The van der Waals surface area contributed by atoms with Crippen molar-refractivity contribution in [2.75, 3.05) is 0 Å². The van der Waals surface area contributed by atoms with E-state index in [0.29, 0.717) is 5.92 Å². The molecule has 0 aliphatic heterocycles. The van der Waals surface area contributed by atoms with Gasteiger partial charge in [0.25, 0.3) is 0 Å². The second-order valence-corrected chi connectivity index (χ2v) is 15.1. The van der Waals surface area contributed by atoms with Crippen LogP contribution in [0.1, 0.15) is 75.6 Å². The molecule has 58 heavy (non-hydrogen) atoms. The van der Waals surface area contributed by atoms with E-state index in [2.05, 4.69) is 229 Å². The maximum atomic E-state index is 4.80. The molecule has 0 saturated carbocycles. The average molecular weight is 756 g/mol. The van der Waals surface area contributed by atoms with E-state index in [0.717, 1.165) is 24.9 Å². The summed E-state index contributed by atoms with van der Waals surface area (Å²) in [6.07, 6.45) is 21.8. The molecular weight excluding hydrogens is 699 g/mol. The second kappa shape index (κ2) is 21.3. The predicted molar refractivity (Wildman–Crippen MR) is 255 cm³/mol. The Bertz CT molecular complexity index is 2400. The zero-order valence-corrected chi connectivity index (χ0v) is 34.9. The number of rotatable bonds is 12. The molecule has 6 aromatic rings. The molecule has 7 rings (SSSR count). The summed E-state index contributed by atoms with van der Waals surface area (Å²) in [5, 5.41) is 2.62. The average Bonchev–Trinajstić information content (AvgIpc) is 3.27. The monoisotopic (exact) mass is 755 g/mol. The standard InChI is InChI=1S/C47H49N.C10H8/c1-6-15-38(24-26-43(40-20-12-9-13-21-40)33-37(5)39-18-10-8-11-19-39)31-32-48-45-29-27-41(28-30-45)44-25-23-35(3)46(34-44)47-36(4)17-14-22-42(47)16-7-2;1-2-6-10-8-4-3-7-9(10)5-1/h6,8-15,18-23,25-34,36H,7,16-17,24H2,1-5H3;1-8H/b15-6-,37-33+,38-31+,43-26+,48-32?;. The molecular formula is C57H57N. The molecule has 0 heterocycles. The van der Waals surface area contributed by atoms with Crippen LogP contribution in [0.4, 0.5) is 5.69 Å². The molecule has 6 aromatic carbocycles. The zero-order valence-electron chi connectivity index (χ0n) is 34.9. The third kappa shape index (κ3) is 11.4. The van der Waals surface area contributed by atoms with Crippen LogP contribution in [0.15, 0.2) is 210 Å². The lowest BCUT2D eigenvalue weighted by Gasteiger charge is -2.25. The highest BCUT2D eigenvalue weighted by Gasteiger charge is 2.19. The maximum Gasteiger partial charge on any atom is 0.0630 e. The topological polar surface area (TPSA) is 12.4 Å². The third-order valence-corrected chi connectivity index (χ3v) is 10.7. The number of benzene rings is 6. The quantitative estimate of drug-likeness (QED) is 0.0871. The minimum atomic E-state index is 0.540. The van der Waals surface area contributed by atoms with Crippen molar-refractivity contribution < 1.29 is 0 Å².